The number of hydrogen-bond acceptors (Lipinski definition) is 3. The van der Waals surface area contributed by atoms with Crippen LogP contribution in [0.25, 0.3) is 0 Å². The summed E-state index contributed by atoms with van der Waals surface area (Å²) in [5.74, 6) is 0.245. The van der Waals surface area contributed by atoms with Crippen molar-refractivity contribution in [3.05, 3.63) is 29.8 Å². The number of thiol groups is 1. The molecule has 1 rings (SSSR count). The highest BCUT2D eigenvalue weighted by atomic mass is 32.1. The SMILES string of the molecule is COCC(NC(=O)c1cccc(S)c1)C(C)C. The van der Waals surface area contributed by atoms with Crippen molar-refractivity contribution in [3.8, 4) is 0 Å². The number of methoxy groups -OCH3 is 1. The second-order valence-corrected chi connectivity index (χ2v) is 4.85. The van der Waals surface area contributed by atoms with Crippen LogP contribution in [0.2, 0.25) is 0 Å². The van der Waals surface area contributed by atoms with Crippen LogP contribution in [0.3, 0.4) is 0 Å². The highest BCUT2D eigenvalue weighted by Crippen LogP contribution is 2.10. The molecule has 1 unspecified atom stereocenters. The maximum atomic E-state index is 12.0. The third kappa shape index (κ3) is 4.40. The summed E-state index contributed by atoms with van der Waals surface area (Å²) in [4.78, 5) is 12.8. The lowest BCUT2D eigenvalue weighted by Gasteiger charge is -2.21. The van der Waals surface area contributed by atoms with Gasteiger partial charge in [-0.25, -0.2) is 0 Å². The summed E-state index contributed by atoms with van der Waals surface area (Å²) in [6, 6.07) is 7.21. The first-order valence-electron chi connectivity index (χ1n) is 5.63. The third-order valence-electron chi connectivity index (χ3n) is 2.58. The Hall–Kier alpha value is -1.00. The molecule has 1 atom stereocenters. The monoisotopic (exact) mass is 253 g/mol. The Kier molecular flexibility index (Phi) is 5.51. The third-order valence-corrected chi connectivity index (χ3v) is 2.85. The van der Waals surface area contributed by atoms with Crippen molar-refractivity contribution < 1.29 is 9.53 Å². The topological polar surface area (TPSA) is 38.3 Å². The molecule has 0 aliphatic heterocycles. The van der Waals surface area contributed by atoms with Crippen molar-refractivity contribution in [2.24, 2.45) is 5.92 Å². The van der Waals surface area contributed by atoms with E-state index < -0.39 is 0 Å². The number of carbonyl (C=O) groups excluding carboxylic acids is 1. The van der Waals surface area contributed by atoms with Crippen LogP contribution in [0.4, 0.5) is 0 Å². The average Bonchev–Trinajstić information content (AvgIpc) is 2.28. The number of hydrogen-bond donors (Lipinski definition) is 2. The van der Waals surface area contributed by atoms with Gasteiger partial charge in [-0.3, -0.25) is 4.79 Å². The molecule has 1 aromatic carbocycles. The number of benzene rings is 1. The van der Waals surface area contributed by atoms with Gasteiger partial charge in [-0.05, 0) is 24.1 Å². The molecule has 94 valence electrons. The first kappa shape index (κ1) is 14.1. The number of amides is 1. The zero-order valence-corrected chi connectivity index (χ0v) is 11.3. The van der Waals surface area contributed by atoms with Crippen LogP contribution in [0.5, 0.6) is 0 Å². The number of carbonyl (C=O) groups is 1. The zero-order chi connectivity index (χ0) is 12.8. The van der Waals surface area contributed by atoms with E-state index in [0.717, 1.165) is 4.90 Å². The van der Waals surface area contributed by atoms with Crippen molar-refractivity contribution in [3.63, 3.8) is 0 Å². The molecule has 17 heavy (non-hydrogen) atoms. The van der Waals surface area contributed by atoms with Gasteiger partial charge in [-0.15, -0.1) is 12.6 Å². The molecule has 0 saturated carbocycles. The van der Waals surface area contributed by atoms with E-state index in [1.807, 2.05) is 12.1 Å². The molecule has 0 fully saturated rings. The average molecular weight is 253 g/mol. The Balaban J connectivity index is 2.70. The van der Waals surface area contributed by atoms with Crippen LogP contribution in [-0.4, -0.2) is 25.7 Å². The first-order valence-corrected chi connectivity index (χ1v) is 6.08. The molecule has 4 heteroatoms. The Morgan fingerprint density at radius 3 is 2.71 bits per heavy atom. The van der Waals surface area contributed by atoms with Gasteiger partial charge in [-0.2, -0.15) is 0 Å². The molecule has 1 N–H and O–H groups in total. The summed E-state index contributed by atoms with van der Waals surface area (Å²) >= 11 is 4.22. The van der Waals surface area contributed by atoms with E-state index >= 15 is 0 Å². The summed E-state index contributed by atoms with van der Waals surface area (Å²) < 4.78 is 5.10. The van der Waals surface area contributed by atoms with Gasteiger partial charge in [0.15, 0.2) is 0 Å². The molecule has 0 heterocycles. The smallest absolute Gasteiger partial charge is 0.251 e. The van der Waals surface area contributed by atoms with E-state index in [4.69, 9.17) is 4.74 Å². The molecule has 1 amide bonds. The Bertz CT molecular complexity index is 379. The van der Waals surface area contributed by atoms with Gasteiger partial charge < -0.3 is 10.1 Å². The van der Waals surface area contributed by atoms with E-state index in [2.05, 4.69) is 31.8 Å². The summed E-state index contributed by atoms with van der Waals surface area (Å²) in [5.41, 5.74) is 0.624. The molecule has 0 aromatic heterocycles. The quantitative estimate of drug-likeness (QED) is 0.791. The molecular formula is C13H19NO2S. The van der Waals surface area contributed by atoms with Crippen molar-refractivity contribution in [2.75, 3.05) is 13.7 Å². The van der Waals surface area contributed by atoms with Crippen LogP contribution in [0.1, 0.15) is 24.2 Å². The van der Waals surface area contributed by atoms with Crippen LogP contribution in [-0.2, 0) is 4.74 Å². The van der Waals surface area contributed by atoms with Crippen LogP contribution < -0.4 is 5.32 Å². The molecule has 3 nitrogen and oxygen atoms in total. The summed E-state index contributed by atoms with van der Waals surface area (Å²) in [5, 5.41) is 2.96. The van der Waals surface area contributed by atoms with Gasteiger partial charge in [0.1, 0.15) is 0 Å². The highest BCUT2D eigenvalue weighted by molar-refractivity contribution is 7.80. The molecule has 0 spiro atoms. The summed E-state index contributed by atoms with van der Waals surface area (Å²) in [6.07, 6.45) is 0. The maximum absolute atomic E-state index is 12.0. The molecule has 0 bridgehead atoms. The van der Waals surface area contributed by atoms with Crippen LogP contribution in [0.15, 0.2) is 29.2 Å². The fraction of sp³-hybridized carbons (Fsp3) is 0.462. The van der Waals surface area contributed by atoms with Gasteiger partial charge >= 0.3 is 0 Å². The highest BCUT2D eigenvalue weighted by Gasteiger charge is 2.16. The van der Waals surface area contributed by atoms with Crippen molar-refractivity contribution in [2.45, 2.75) is 24.8 Å². The largest absolute Gasteiger partial charge is 0.383 e. The first-order chi connectivity index (χ1) is 8.04. The van der Waals surface area contributed by atoms with E-state index in [1.54, 1.807) is 19.2 Å². The number of ether oxygens (including phenoxy) is 1. The predicted octanol–water partition coefficient (Wildman–Crippen LogP) is 2.38. The van der Waals surface area contributed by atoms with Crippen molar-refractivity contribution >= 4 is 18.5 Å². The molecule has 0 aliphatic rings. The van der Waals surface area contributed by atoms with E-state index in [9.17, 15) is 4.79 Å². The lowest BCUT2D eigenvalue weighted by molar-refractivity contribution is 0.0866. The van der Waals surface area contributed by atoms with E-state index in [-0.39, 0.29) is 11.9 Å². The van der Waals surface area contributed by atoms with Crippen LogP contribution >= 0.6 is 12.6 Å². The predicted molar refractivity (Wildman–Crippen MR) is 71.7 cm³/mol. The molecule has 1 aromatic rings. The fourth-order valence-corrected chi connectivity index (χ4v) is 1.70. The van der Waals surface area contributed by atoms with Crippen molar-refractivity contribution in [1.29, 1.82) is 0 Å². The van der Waals surface area contributed by atoms with E-state index in [1.165, 1.54) is 0 Å². The van der Waals surface area contributed by atoms with Gasteiger partial charge in [0, 0.05) is 17.6 Å². The van der Waals surface area contributed by atoms with Crippen molar-refractivity contribution in [1.82, 2.24) is 5.32 Å². The normalized spacial score (nSPS) is 12.5. The number of nitrogens with one attached hydrogen (secondary N) is 1. The summed E-state index contributed by atoms with van der Waals surface area (Å²) in [6.45, 7) is 4.63. The van der Waals surface area contributed by atoms with Gasteiger partial charge in [0.05, 0.1) is 12.6 Å². The maximum Gasteiger partial charge on any atom is 0.251 e. The van der Waals surface area contributed by atoms with Crippen LogP contribution in [0, 0.1) is 5.92 Å². The molecular weight excluding hydrogens is 234 g/mol. The Morgan fingerprint density at radius 2 is 2.18 bits per heavy atom. The minimum absolute atomic E-state index is 0.0241. The lowest BCUT2D eigenvalue weighted by Crippen LogP contribution is -2.41. The second-order valence-electron chi connectivity index (χ2n) is 4.33. The zero-order valence-electron chi connectivity index (χ0n) is 10.4. The second kappa shape index (κ2) is 6.67. The Morgan fingerprint density at radius 1 is 1.47 bits per heavy atom. The van der Waals surface area contributed by atoms with Gasteiger partial charge in [0.25, 0.3) is 5.91 Å². The minimum Gasteiger partial charge on any atom is -0.383 e. The molecule has 0 radical (unpaired) electrons. The summed E-state index contributed by atoms with van der Waals surface area (Å²) in [7, 11) is 1.63. The van der Waals surface area contributed by atoms with Gasteiger partial charge in [0.2, 0.25) is 0 Å². The fourth-order valence-electron chi connectivity index (χ4n) is 1.48. The lowest BCUT2D eigenvalue weighted by atomic mass is 10.0. The molecule has 0 saturated heterocycles. The minimum atomic E-state index is -0.0864. The Labute approximate surface area is 108 Å². The number of rotatable bonds is 5. The molecule has 0 aliphatic carbocycles. The van der Waals surface area contributed by atoms with E-state index in [0.29, 0.717) is 18.1 Å². The van der Waals surface area contributed by atoms with Gasteiger partial charge in [-0.1, -0.05) is 19.9 Å². The standard InChI is InChI=1S/C13H19NO2S/c1-9(2)12(8-16-3)14-13(15)10-5-4-6-11(17)7-10/h4-7,9,12,17H,8H2,1-3H3,(H,14,15).